The Morgan fingerprint density at radius 3 is 1.28 bits per heavy atom. The number of carboxylic acids is 3. The average Bonchev–Trinajstić information content (AvgIpc) is 2.81. The lowest BCUT2D eigenvalue weighted by Gasteiger charge is -2.42. The van der Waals surface area contributed by atoms with Crippen LogP contribution >= 0.6 is 0 Å². The molecule has 0 heterocycles. The summed E-state index contributed by atoms with van der Waals surface area (Å²) >= 11 is 0. The summed E-state index contributed by atoms with van der Waals surface area (Å²) in [4.78, 5) is 34.7. The minimum absolute atomic E-state index is 0.215. The van der Waals surface area contributed by atoms with Crippen molar-refractivity contribution in [2.45, 2.75) is 111 Å². The van der Waals surface area contributed by atoms with E-state index in [0.29, 0.717) is 6.54 Å². The van der Waals surface area contributed by atoms with Crippen molar-refractivity contribution in [1.29, 1.82) is 0 Å². The quantitative estimate of drug-likeness (QED) is 0.0762. The van der Waals surface area contributed by atoms with Gasteiger partial charge in [-0.05, 0) is 59.3 Å². The topological polar surface area (TPSA) is 112 Å². The summed E-state index contributed by atoms with van der Waals surface area (Å²) in [6.07, 6.45) is 20.0. The first-order valence-corrected chi connectivity index (χ1v) is 14.2. The second kappa shape index (κ2) is 20.2. The highest BCUT2D eigenvalue weighted by Crippen LogP contribution is 2.22. The largest absolute Gasteiger partial charge is 0.481 e. The van der Waals surface area contributed by atoms with E-state index >= 15 is 0 Å². The van der Waals surface area contributed by atoms with E-state index in [1.807, 2.05) is 0 Å². The molecule has 0 aliphatic rings. The van der Waals surface area contributed by atoms with Crippen LogP contribution in [0.25, 0.3) is 0 Å². The molecule has 0 radical (unpaired) electrons. The van der Waals surface area contributed by atoms with Gasteiger partial charge in [-0.3, -0.25) is 14.4 Å². The van der Waals surface area contributed by atoms with E-state index in [9.17, 15) is 29.7 Å². The zero-order chi connectivity index (χ0) is 27.4. The Morgan fingerprint density at radius 2 is 0.917 bits per heavy atom. The first-order chi connectivity index (χ1) is 17.0. The van der Waals surface area contributed by atoms with E-state index in [1.54, 1.807) is 20.8 Å². The van der Waals surface area contributed by atoms with Crippen molar-refractivity contribution in [2.24, 2.45) is 17.8 Å². The van der Waals surface area contributed by atoms with Crippen LogP contribution in [0, 0.1) is 17.8 Å². The molecule has 3 unspecified atom stereocenters. The highest BCUT2D eigenvalue weighted by Gasteiger charge is 2.38. The van der Waals surface area contributed by atoms with Gasteiger partial charge in [0.15, 0.2) is 0 Å². The molecule has 3 atom stereocenters. The second-order valence-corrected chi connectivity index (χ2v) is 10.9. The highest BCUT2D eigenvalue weighted by molar-refractivity contribution is 5.70. The molecule has 0 saturated heterocycles. The maximum atomic E-state index is 11.6. The Labute approximate surface area is 219 Å². The predicted molar refractivity (Wildman–Crippen MR) is 145 cm³/mol. The molecular weight excluding hydrogens is 458 g/mol. The lowest BCUT2D eigenvalue weighted by Crippen LogP contribution is -2.57. The summed E-state index contributed by atoms with van der Waals surface area (Å²) < 4.78 is 0.215. The summed E-state index contributed by atoms with van der Waals surface area (Å²) in [5, 5.41) is 28.5. The Morgan fingerprint density at radius 1 is 0.583 bits per heavy atom. The Balaban J connectivity index is 4.64. The minimum atomic E-state index is -0.938. The van der Waals surface area contributed by atoms with Gasteiger partial charge in [-0.2, -0.15) is 0 Å². The van der Waals surface area contributed by atoms with E-state index in [2.05, 4.69) is 19.1 Å². The third-order valence-corrected chi connectivity index (χ3v) is 7.14. The van der Waals surface area contributed by atoms with Gasteiger partial charge in [-0.1, -0.05) is 64.0 Å². The van der Waals surface area contributed by atoms with Crippen molar-refractivity contribution in [1.82, 2.24) is 0 Å². The van der Waals surface area contributed by atoms with Gasteiger partial charge in [-0.15, -0.1) is 0 Å². The van der Waals surface area contributed by atoms with Crippen LogP contribution in [0.3, 0.4) is 0 Å². The first kappa shape index (κ1) is 34.1. The molecule has 0 spiro atoms. The number of nitrogens with zero attached hydrogens (tertiary/aromatic N) is 1. The van der Waals surface area contributed by atoms with Gasteiger partial charge < -0.3 is 19.8 Å². The third-order valence-electron chi connectivity index (χ3n) is 7.14. The SMILES string of the molecule is CCCCCCCCC/C=C/CCCCCC[N+](CC(C)C(=O)O)(CC(C)C(=O)O)CC(C)C(=O)O. The number of carboxylic acid groups (broad SMARTS) is 3. The molecule has 0 saturated carbocycles. The van der Waals surface area contributed by atoms with Crippen LogP contribution in [-0.4, -0.2) is 63.9 Å². The number of hydrogen-bond acceptors (Lipinski definition) is 3. The molecule has 210 valence electrons. The lowest BCUT2D eigenvalue weighted by atomic mass is 10.0. The Kier molecular flexibility index (Phi) is 19.1. The predicted octanol–water partition coefficient (Wildman–Crippen LogP) is 6.61. The van der Waals surface area contributed by atoms with Gasteiger partial charge in [0.25, 0.3) is 0 Å². The van der Waals surface area contributed by atoms with Gasteiger partial charge in [0.05, 0.1) is 26.2 Å². The van der Waals surface area contributed by atoms with Crippen molar-refractivity contribution in [3.8, 4) is 0 Å². The Bertz CT molecular complexity index is 593. The van der Waals surface area contributed by atoms with E-state index in [-0.39, 0.29) is 24.1 Å². The molecule has 0 bridgehead atoms. The number of hydrogen-bond donors (Lipinski definition) is 3. The molecule has 0 rings (SSSR count). The average molecular weight is 513 g/mol. The van der Waals surface area contributed by atoms with Gasteiger partial charge in [0.1, 0.15) is 17.8 Å². The van der Waals surface area contributed by atoms with E-state index in [4.69, 9.17) is 0 Å². The molecule has 0 fully saturated rings. The zero-order valence-electron chi connectivity index (χ0n) is 23.4. The molecular formula is C29H54NO6+. The third kappa shape index (κ3) is 16.7. The van der Waals surface area contributed by atoms with Crippen LogP contribution in [0.15, 0.2) is 12.2 Å². The van der Waals surface area contributed by atoms with Crippen molar-refractivity contribution in [2.75, 3.05) is 26.2 Å². The number of allylic oxidation sites excluding steroid dienone is 2. The van der Waals surface area contributed by atoms with Crippen molar-refractivity contribution >= 4 is 17.9 Å². The van der Waals surface area contributed by atoms with Crippen LogP contribution in [0.5, 0.6) is 0 Å². The summed E-state index contributed by atoms with van der Waals surface area (Å²) in [5.74, 6) is -4.83. The molecule has 0 amide bonds. The van der Waals surface area contributed by atoms with Crippen molar-refractivity contribution < 1.29 is 34.2 Å². The fraction of sp³-hybridized carbons (Fsp3) is 0.828. The first-order valence-electron chi connectivity index (χ1n) is 14.2. The van der Waals surface area contributed by atoms with Crippen LogP contribution < -0.4 is 0 Å². The molecule has 3 N–H and O–H groups in total. The number of rotatable bonds is 24. The molecule has 0 aliphatic heterocycles. The second-order valence-electron chi connectivity index (χ2n) is 10.9. The number of quaternary nitrogens is 1. The lowest BCUT2D eigenvalue weighted by molar-refractivity contribution is -0.934. The van der Waals surface area contributed by atoms with Gasteiger partial charge in [0.2, 0.25) is 0 Å². The number of aliphatic carboxylic acids is 3. The molecule has 7 nitrogen and oxygen atoms in total. The molecule has 0 aromatic carbocycles. The van der Waals surface area contributed by atoms with Crippen LogP contribution in [0.1, 0.15) is 111 Å². The fourth-order valence-electron chi connectivity index (χ4n) is 4.99. The number of unbranched alkanes of at least 4 members (excludes halogenated alkanes) is 11. The van der Waals surface area contributed by atoms with Gasteiger partial charge >= 0.3 is 17.9 Å². The fourth-order valence-corrected chi connectivity index (χ4v) is 4.99. The van der Waals surface area contributed by atoms with E-state index < -0.39 is 35.7 Å². The molecule has 0 aromatic heterocycles. The van der Waals surface area contributed by atoms with Crippen LogP contribution in [0.4, 0.5) is 0 Å². The maximum absolute atomic E-state index is 11.6. The van der Waals surface area contributed by atoms with Crippen LogP contribution in [-0.2, 0) is 14.4 Å². The van der Waals surface area contributed by atoms with Crippen molar-refractivity contribution in [3.05, 3.63) is 12.2 Å². The molecule has 7 heteroatoms. The normalized spacial score (nSPS) is 15.9. The van der Waals surface area contributed by atoms with Crippen LogP contribution in [0.2, 0.25) is 0 Å². The molecule has 0 aliphatic carbocycles. The minimum Gasteiger partial charge on any atom is -0.481 e. The Hall–Kier alpha value is -1.89. The standard InChI is InChI=1S/C29H53NO6/c1-5-6-7-8-9-10-11-12-13-14-15-16-17-18-19-20-30(21-24(2)27(31)32,22-25(3)28(33)34)23-26(4)29(35)36/h13-14,24-26H,5-12,15-23H2,1-4H3,(H2-,31,32,33,34,35,36)/p+1/b14-13+. The van der Waals surface area contributed by atoms with Crippen molar-refractivity contribution in [3.63, 3.8) is 0 Å². The highest BCUT2D eigenvalue weighted by atomic mass is 16.4. The van der Waals surface area contributed by atoms with E-state index in [0.717, 1.165) is 38.5 Å². The van der Waals surface area contributed by atoms with E-state index in [1.165, 1.54) is 44.9 Å². The molecule has 0 aromatic rings. The summed E-state index contributed by atoms with van der Waals surface area (Å²) in [5.41, 5.74) is 0. The summed E-state index contributed by atoms with van der Waals surface area (Å²) in [6.45, 7) is 8.41. The number of carbonyl (C=O) groups is 3. The summed E-state index contributed by atoms with van der Waals surface area (Å²) in [7, 11) is 0. The van der Waals surface area contributed by atoms with Gasteiger partial charge in [-0.25, -0.2) is 0 Å². The smallest absolute Gasteiger partial charge is 0.311 e. The molecule has 36 heavy (non-hydrogen) atoms. The summed E-state index contributed by atoms with van der Waals surface area (Å²) in [6, 6.07) is 0. The maximum Gasteiger partial charge on any atom is 0.311 e. The zero-order valence-corrected chi connectivity index (χ0v) is 23.4. The monoisotopic (exact) mass is 512 g/mol. The van der Waals surface area contributed by atoms with Gasteiger partial charge in [0, 0.05) is 0 Å².